The molecule has 42 heavy (non-hydrogen) atoms. The molecule has 10 heteroatoms. The largest absolute Gasteiger partial charge is 0.491 e. The second kappa shape index (κ2) is 13.7. The van der Waals surface area contributed by atoms with Gasteiger partial charge in [0.15, 0.2) is 11.4 Å². The Labute approximate surface area is 243 Å². The van der Waals surface area contributed by atoms with Crippen LogP contribution in [0, 0.1) is 18.6 Å². The number of aromatic nitrogens is 1. The number of halogens is 2. The van der Waals surface area contributed by atoms with Crippen molar-refractivity contribution >= 4 is 11.9 Å². The molecule has 0 unspecified atom stereocenters. The summed E-state index contributed by atoms with van der Waals surface area (Å²) in [7, 11) is 1.23. The van der Waals surface area contributed by atoms with Gasteiger partial charge >= 0.3 is 11.9 Å². The molecule has 1 aliphatic carbocycles. The van der Waals surface area contributed by atoms with Gasteiger partial charge in [-0.05, 0) is 51.3 Å². The number of methoxy groups -OCH3 is 1. The maximum atomic E-state index is 14.5. The maximum absolute atomic E-state index is 14.5. The molecular weight excluding hydrogens is 548 g/mol. The maximum Gasteiger partial charge on any atom is 0.359 e. The van der Waals surface area contributed by atoms with Crippen LogP contribution in [0.3, 0.4) is 0 Å². The first-order valence-electron chi connectivity index (χ1n) is 13.9. The third-order valence-corrected chi connectivity index (χ3v) is 7.24. The van der Waals surface area contributed by atoms with Crippen LogP contribution < -0.4 is 10.2 Å². The molecule has 224 valence electrons. The Morgan fingerprint density at radius 1 is 1.00 bits per heavy atom. The van der Waals surface area contributed by atoms with Gasteiger partial charge < -0.3 is 23.5 Å². The molecule has 0 N–H and O–H groups in total. The highest BCUT2D eigenvalue weighted by Gasteiger charge is 2.35. The lowest BCUT2D eigenvalue weighted by molar-refractivity contribution is -0.0182. The third-order valence-electron chi connectivity index (χ3n) is 7.24. The number of hydrogen-bond acceptors (Lipinski definition) is 7. The number of rotatable bonds is 10. The van der Waals surface area contributed by atoms with Crippen LogP contribution in [0.1, 0.15) is 83.1 Å². The molecule has 2 atom stereocenters. The molecule has 0 spiro atoms. The lowest BCUT2D eigenvalue weighted by Gasteiger charge is -2.35. The summed E-state index contributed by atoms with van der Waals surface area (Å²) in [6.07, 6.45) is 3.45. The average molecular weight is 584 g/mol. The minimum Gasteiger partial charge on any atom is -0.491 e. The Kier molecular flexibility index (Phi) is 10.1. The fourth-order valence-corrected chi connectivity index (χ4v) is 5.09. The molecule has 0 saturated heterocycles. The van der Waals surface area contributed by atoms with Crippen molar-refractivity contribution in [1.82, 2.24) is 4.57 Å². The SMILES string of the molecule is COc1c(C(=O)OC(C)C)n([C@H]2CCCC[C@@H]2OCc2ccccc2)cc(C(=O)OCc2ccc(F)c(C)c2F)c1=O. The molecule has 1 aliphatic rings. The van der Waals surface area contributed by atoms with Crippen LogP contribution in [0.2, 0.25) is 0 Å². The number of carbonyl (C=O) groups excluding carboxylic acids is 2. The van der Waals surface area contributed by atoms with Crippen LogP contribution in [-0.2, 0) is 27.4 Å². The van der Waals surface area contributed by atoms with E-state index in [1.54, 1.807) is 13.8 Å². The number of hydrogen-bond donors (Lipinski definition) is 0. The number of esters is 2. The van der Waals surface area contributed by atoms with Crippen LogP contribution in [-0.4, -0.2) is 35.8 Å². The Balaban J connectivity index is 1.73. The molecule has 3 aromatic rings. The number of carbonyl (C=O) groups is 2. The van der Waals surface area contributed by atoms with E-state index < -0.39 is 53.3 Å². The van der Waals surface area contributed by atoms with Crippen molar-refractivity contribution in [2.75, 3.05) is 7.11 Å². The van der Waals surface area contributed by atoms with Crippen LogP contribution in [0.15, 0.2) is 53.5 Å². The summed E-state index contributed by atoms with van der Waals surface area (Å²) in [5.41, 5.74) is -0.686. The number of pyridine rings is 1. The topological polar surface area (TPSA) is 93.1 Å². The summed E-state index contributed by atoms with van der Waals surface area (Å²) in [5.74, 6) is -3.77. The first kappa shape index (κ1) is 30.9. The van der Waals surface area contributed by atoms with E-state index in [2.05, 4.69) is 0 Å². The summed E-state index contributed by atoms with van der Waals surface area (Å²) in [6, 6.07) is 11.5. The Morgan fingerprint density at radius 3 is 2.40 bits per heavy atom. The molecule has 1 fully saturated rings. The van der Waals surface area contributed by atoms with Crippen molar-refractivity contribution in [2.24, 2.45) is 0 Å². The lowest BCUT2D eigenvalue weighted by Crippen LogP contribution is -2.36. The van der Waals surface area contributed by atoms with Gasteiger partial charge in [0.25, 0.3) is 0 Å². The van der Waals surface area contributed by atoms with Crippen molar-refractivity contribution in [2.45, 2.75) is 77.9 Å². The second-order valence-corrected chi connectivity index (χ2v) is 10.5. The van der Waals surface area contributed by atoms with E-state index in [1.807, 2.05) is 30.3 Å². The molecule has 0 aliphatic heterocycles. The van der Waals surface area contributed by atoms with Gasteiger partial charge in [-0.15, -0.1) is 0 Å². The highest BCUT2D eigenvalue weighted by Crippen LogP contribution is 2.35. The van der Waals surface area contributed by atoms with Gasteiger partial charge in [-0.1, -0.05) is 43.2 Å². The summed E-state index contributed by atoms with van der Waals surface area (Å²) in [5, 5.41) is 0. The van der Waals surface area contributed by atoms with E-state index in [-0.39, 0.29) is 28.7 Å². The van der Waals surface area contributed by atoms with E-state index in [9.17, 15) is 23.2 Å². The molecule has 0 radical (unpaired) electrons. The highest BCUT2D eigenvalue weighted by atomic mass is 19.1. The van der Waals surface area contributed by atoms with Crippen molar-refractivity contribution < 1.29 is 37.3 Å². The van der Waals surface area contributed by atoms with Gasteiger partial charge in [0.2, 0.25) is 5.43 Å². The van der Waals surface area contributed by atoms with Crippen LogP contribution in [0.25, 0.3) is 0 Å². The van der Waals surface area contributed by atoms with Gasteiger partial charge in [-0.2, -0.15) is 0 Å². The van der Waals surface area contributed by atoms with E-state index in [1.165, 1.54) is 30.9 Å². The fourth-order valence-electron chi connectivity index (χ4n) is 5.09. The fraction of sp³-hybridized carbons (Fsp3) is 0.406. The molecule has 1 heterocycles. The molecule has 4 rings (SSSR count). The van der Waals surface area contributed by atoms with Crippen molar-refractivity contribution in [3.8, 4) is 5.75 Å². The van der Waals surface area contributed by atoms with E-state index in [4.69, 9.17) is 18.9 Å². The molecule has 1 aromatic heterocycles. The number of ether oxygens (including phenoxy) is 4. The first-order valence-corrected chi connectivity index (χ1v) is 13.9. The monoisotopic (exact) mass is 583 g/mol. The minimum atomic E-state index is -1.05. The molecular formula is C32H35F2NO7. The van der Waals surface area contributed by atoms with Crippen LogP contribution in [0.5, 0.6) is 5.75 Å². The summed E-state index contributed by atoms with van der Waals surface area (Å²) in [6.45, 7) is 4.44. The molecule has 0 bridgehead atoms. The minimum absolute atomic E-state index is 0.0478. The van der Waals surface area contributed by atoms with Gasteiger partial charge in [0.1, 0.15) is 23.8 Å². The van der Waals surface area contributed by atoms with Crippen LogP contribution >= 0.6 is 0 Å². The zero-order valence-corrected chi connectivity index (χ0v) is 24.2. The van der Waals surface area contributed by atoms with Crippen molar-refractivity contribution in [3.63, 3.8) is 0 Å². The predicted octanol–water partition coefficient (Wildman–Crippen LogP) is 6.07. The van der Waals surface area contributed by atoms with E-state index in [0.29, 0.717) is 19.4 Å². The Bertz CT molecular complexity index is 1490. The molecule has 8 nitrogen and oxygen atoms in total. The third kappa shape index (κ3) is 6.87. The molecule has 1 saturated carbocycles. The molecule has 2 aromatic carbocycles. The van der Waals surface area contributed by atoms with E-state index >= 15 is 0 Å². The van der Waals surface area contributed by atoms with Crippen molar-refractivity contribution in [3.05, 3.63) is 98.5 Å². The van der Waals surface area contributed by atoms with Crippen LogP contribution in [0.4, 0.5) is 8.78 Å². The highest BCUT2D eigenvalue weighted by molar-refractivity contribution is 5.94. The smallest absolute Gasteiger partial charge is 0.359 e. The van der Waals surface area contributed by atoms with Gasteiger partial charge in [-0.25, -0.2) is 18.4 Å². The van der Waals surface area contributed by atoms with Crippen molar-refractivity contribution in [1.29, 1.82) is 0 Å². The Morgan fingerprint density at radius 2 is 1.71 bits per heavy atom. The normalized spacial score (nSPS) is 16.7. The van der Waals surface area contributed by atoms with E-state index in [0.717, 1.165) is 24.5 Å². The zero-order chi connectivity index (χ0) is 30.4. The first-order chi connectivity index (χ1) is 20.1. The average Bonchev–Trinajstić information content (AvgIpc) is 2.98. The quantitative estimate of drug-likeness (QED) is 0.268. The summed E-state index contributed by atoms with van der Waals surface area (Å²) in [4.78, 5) is 40.0. The standard InChI is InChI=1S/C32H35F2NO7/c1-19(2)42-32(38)28-30(39-4)29(36)23(31(37)41-18-22-14-15-24(33)20(3)27(22)34)16-35(28)25-12-8-9-13-26(25)40-17-21-10-6-5-7-11-21/h5-7,10-11,14-16,19,25-26H,8-9,12-13,17-18H2,1-4H3/t25-,26-/m0/s1. The second-order valence-electron chi connectivity index (χ2n) is 10.5. The van der Waals surface area contributed by atoms with Gasteiger partial charge in [-0.3, -0.25) is 4.79 Å². The summed E-state index contributed by atoms with van der Waals surface area (Å²) < 4.78 is 52.2. The zero-order valence-electron chi connectivity index (χ0n) is 24.2. The predicted molar refractivity (Wildman–Crippen MR) is 151 cm³/mol. The summed E-state index contributed by atoms with van der Waals surface area (Å²) >= 11 is 0. The van der Waals surface area contributed by atoms with Gasteiger partial charge in [0.05, 0.1) is 32.0 Å². The number of nitrogens with zero attached hydrogens (tertiary/aromatic N) is 1. The number of benzene rings is 2. The Hall–Kier alpha value is -4.05. The lowest BCUT2D eigenvalue weighted by atomic mass is 9.91. The van der Waals surface area contributed by atoms with Gasteiger partial charge in [0, 0.05) is 17.3 Å². The molecule has 0 amide bonds.